The first-order valence-corrected chi connectivity index (χ1v) is 6.62. The summed E-state index contributed by atoms with van der Waals surface area (Å²) in [7, 11) is 1.63. The van der Waals surface area contributed by atoms with Gasteiger partial charge in [-0.3, -0.25) is 4.79 Å². The molecule has 1 heterocycles. The Bertz CT molecular complexity index is 661. The van der Waals surface area contributed by atoms with Crippen LogP contribution in [0.25, 0.3) is 0 Å². The molecule has 1 atom stereocenters. The van der Waals surface area contributed by atoms with Crippen molar-refractivity contribution in [2.24, 2.45) is 0 Å². The van der Waals surface area contributed by atoms with Gasteiger partial charge in [-0.15, -0.1) is 0 Å². The van der Waals surface area contributed by atoms with Gasteiger partial charge in [0.05, 0.1) is 19.1 Å². The van der Waals surface area contributed by atoms with Gasteiger partial charge in [0.25, 0.3) is 0 Å². The van der Waals surface area contributed by atoms with Gasteiger partial charge in [-0.25, -0.2) is 0 Å². The highest BCUT2D eigenvalue weighted by atomic mass is 16.5. The lowest BCUT2D eigenvalue weighted by atomic mass is 9.95. The lowest BCUT2D eigenvalue weighted by molar-refractivity contribution is 0.0849. The molecule has 3 heteroatoms. The number of carbonyl (C=O) groups excluding carboxylic acids is 1. The lowest BCUT2D eigenvalue weighted by Crippen LogP contribution is -2.20. The number of aryl methyl sites for hydroxylation is 1. The summed E-state index contributed by atoms with van der Waals surface area (Å²) in [6.45, 7) is 1.97. The monoisotopic (exact) mass is 268 g/mol. The zero-order valence-corrected chi connectivity index (χ0v) is 11.6. The molecule has 0 N–H and O–H groups in total. The van der Waals surface area contributed by atoms with Crippen molar-refractivity contribution in [2.75, 3.05) is 7.11 Å². The normalized spacial score (nSPS) is 17.3. The maximum atomic E-state index is 12.3. The number of fused-ring (bicyclic) bond motifs is 1. The summed E-state index contributed by atoms with van der Waals surface area (Å²) in [5.74, 6) is 1.57. The van der Waals surface area contributed by atoms with Crippen molar-refractivity contribution in [1.82, 2.24) is 0 Å². The number of ether oxygens (including phenoxy) is 2. The molecule has 0 bridgehead atoms. The van der Waals surface area contributed by atoms with Crippen LogP contribution in [0, 0.1) is 6.92 Å². The van der Waals surface area contributed by atoms with Crippen LogP contribution < -0.4 is 9.47 Å². The molecular formula is C17H16O3. The predicted molar refractivity (Wildman–Crippen MR) is 76.5 cm³/mol. The minimum absolute atomic E-state index is 0.128. The minimum Gasteiger partial charge on any atom is -0.497 e. The highest BCUT2D eigenvalue weighted by Gasteiger charge is 2.27. The van der Waals surface area contributed by atoms with Crippen molar-refractivity contribution in [1.29, 1.82) is 0 Å². The third-order valence-corrected chi connectivity index (χ3v) is 3.54. The number of rotatable bonds is 2. The average Bonchev–Trinajstić information content (AvgIpc) is 2.48. The molecule has 3 nitrogen and oxygen atoms in total. The van der Waals surface area contributed by atoms with Gasteiger partial charge in [-0.05, 0) is 36.8 Å². The van der Waals surface area contributed by atoms with Crippen molar-refractivity contribution in [3.63, 3.8) is 0 Å². The van der Waals surface area contributed by atoms with Gasteiger partial charge in [-0.2, -0.15) is 0 Å². The van der Waals surface area contributed by atoms with E-state index in [2.05, 4.69) is 0 Å². The highest BCUT2D eigenvalue weighted by Crippen LogP contribution is 2.36. The molecular weight excluding hydrogens is 252 g/mol. The molecule has 0 saturated heterocycles. The van der Waals surface area contributed by atoms with E-state index in [0.29, 0.717) is 17.7 Å². The van der Waals surface area contributed by atoms with Crippen LogP contribution in [-0.4, -0.2) is 12.9 Å². The molecule has 1 aliphatic rings. The van der Waals surface area contributed by atoms with Crippen molar-refractivity contribution < 1.29 is 14.3 Å². The molecule has 1 aliphatic heterocycles. The molecule has 0 aromatic heterocycles. The van der Waals surface area contributed by atoms with E-state index in [1.165, 1.54) is 0 Å². The summed E-state index contributed by atoms with van der Waals surface area (Å²) in [6, 6.07) is 13.4. The van der Waals surface area contributed by atoms with E-state index < -0.39 is 0 Å². The highest BCUT2D eigenvalue weighted by molar-refractivity contribution is 6.00. The molecule has 1 unspecified atom stereocenters. The molecule has 2 aromatic carbocycles. The Labute approximate surface area is 118 Å². The van der Waals surface area contributed by atoms with E-state index in [-0.39, 0.29) is 11.9 Å². The first-order chi connectivity index (χ1) is 9.67. The molecule has 3 rings (SSSR count). The predicted octanol–water partition coefficient (Wildman–Crippen LogP) is 3.71. The molecule has 0 spiro atoms. The second kappa shape index (κ2) is 5.00. The second-order valence-electron chi connectivity index (χ2n) is 5.01. The Kier molecular flexibility index (Phi) is 3.18. The van der Waals surface area contributed by atoms with Crippen LogP contribution in [0.5, 0.6) is 11.5 Å². The number of ketones is 1. The fourth-order valence-corrected chi connectivity index (χ4v) is 2.47. The quantitative estimate of drug-likeness (QED) is 0.833. The maximum absolute atomic E-state index is 12.3. The van der Waals surface area contributed by atoms with Crippen molar-refractivity contribution in [2.45, 2.75) is 19.4 Å². The van der Waals surface area contributed by atoms with Crippen LogP contribution in [0.15, 0.2) is 42.5 Å². The van der Waals surface area contributed by atoms with E-state index in [9.17, 15) is 4.79 Å². The second-order valence-corrected chi connectivity index (χ2v) is 5.01. The van der Waals surface area contributed by atoms with Gasteiger partial charge in [0, 0.05) is 0 Å². The zero-order valence-electron chi connectivity index (χ0n) is 11.6. The third kappa shape index (κ3) is 2.27. The summed E-state index contributed by atoms with van der Waals surface area (Å²) in [4.78, 5) is 12.3. The molecule has 0 saturated carbocycles. The van der Waals surface area contributed by atoms with Crippen LogP contribution in [0.4, 0.5) is 0 Å². The Morgan fingerprint density at radius 2 is 2.05 bits per heavy atom. The molecule has 0 aliphatic carbocycles. The van der Waals surface area contributed by atoms with Crippen molar-refractivity contribution >= 4 is 5.78 Å². The van der Waals surface area contributed by atoms with Gasteiger partial charge in [0.2, 0.25) is 0 Å². The SMILES string of the molecule is COc1cccc(C2CC(=O)c3cc(C)ccc3O2)c1. The molecule has 0 fully saturated rings. The number of hydrogen-bond acceptors (Lipinski definition) is 3. The van der Waals surface area contributed by atoms with Crippen LogP contribution in [0.3, 0.4) is 0 Å². The van der Waals surface area contributed by atoms with Crippen LogP contribution in [-0.2, 0) is 0 Å². The topological polar surface area (TPSA) is 35.5 Å². The summed E-state index contributed by atoms with van der Waals surface area (Å²) < 4.78 is 11.2. The Morgan fingerprint density at radius 3 is 2.85 bits per heavy atom. The first-order valence-electron chi connectivity index (χ1n) is 6.62. The number of Topliss-reactive ketones (excluding diaryl/α,β-unsaturated/α-hetero) is 1. The van der Waals surface area contributed by atoms with Gasteiger partial charge in [-0.1, -0.05) is 23.8 Å². The van der Waals surface area contributed by atoms with Gasteiger partial charge >= 0.3 is 0 Å². The van der Waals surface area contributed by atoms with Gasteiger partial charge in [0.1, 0.15) is 17.6 Å². The lowest BCUT2D eigenvalue weighted by Gasteiger charge is -2.26. The molecule has 2 aromatic rings. The van der Waals surface area contributed by atoms with E-state index in [1.54, 1.807) is 7.11 Å². The van der Waals surface area contributed by atoms with Gasteiger partial charge in [0.15, 0.2) is 5.78 Å². The summed E-state index contributed by atoms with van der Waals surface area (Å²) in [5, 5.41) is 0. The Morgan fingerprint density at radius 1 is 1.20 bits per heavy atom. The number of hydrogen-bond donors (Lipinski definition) is 0. The van der Waals surface area contributed by atoms with Crippen molar-refractivity contribution in [3.8, 4) is 11.5 Å². The first kappa shape index (κ1) is 12.7. The molecule has 0 amide bonds. The third-order valence-electron chi connectivity index (χ3n) is 3.54. The maximum Gasteiger partial charge on any atom is 0.170 e. The molecule has 102 valence electrons. The standard InChI is InChI=1S/C17H16O3/c1-11-6-7-16-14(8-11)15(18)10-17(20-16)12-4-3-5-13(9-12)19-2/h3-9,17H,10H2,1-2H3. The molecule has 0 radical (unpaired) electrons. The van der Waals surface area contributed by atoms with E-state index >= 15 is 0 Å². The Balaban J connectivity index is 1.94. The fraction of sp³-hybridized carbons (Fsp3) is 0.235. The summed E-state index contributed by atoms with van der Waals surface area (Å²) in [6.07, 6.45) is 0.122. The molecule has 20 heavy (non-hydrogen) atoms. The zero-order chi connectivity index (χ0) is 14.1. The van der Waals surface area contributed by atoms with Crippen LogP contribution in [0.2, 0.25) is 0 Å². The summed E-state index contributed by atoms with van der Waals surface area (Å²) >= 11 is 0. The van der Waals surface area contributed by atoms with Crippen LogP contribution in [0.1, 0.15) is 34.0 Å². The largest absolute Gasteiger partial charge is 0.497 e. The van der Waals surface area contributed by atoms with E-state index in [4.69, 9.17) is 9.47 Å². The van der Waals surface area contributed by atoms with E-state index in [1.807, 2.05) is 49.4 Å². The summed E-state index contributed by atoms with van der Waals surface area (Å²) in [5.41, 5.74) is 2.72. The van der Waals surface area contributed by atoms with E-state index in [0.717, 1.165) is 16.9 Å². The van der Waals surface area contributed by atoms with Crippen LogP contribution >= 0.6 is 0 Å². The number of methoxy groups -OCH3 is 1. The average molecular weight is 268 g/mol. The Hall–Kier alpha value is -2.29. The van der Waals surface area contributed by atoms with Crippen molar-refractivity contribution in [3.05, 3.63) is 59.2 Å². The van der Waals surface area contributed by atoms with Gasteiger partial charge < -0.3 is 9.47 Å². The number of carbonyl (C=O) groups is 1. The smallest absolute Gasteiger partial charge is 0.170 e. The fourth-order valence-electron chi connectivity index (χ4n) is 2.47. The number of benzene rings is 2. The minimum atomic E-state index is -0.243.